The number of ether oxygens (including phenoxy) is 1. The number of carbonyl (C=O) groups excluding carboxylic acids is 3. The number of hydrogen-bond donors (Lipinski definition) is 2. The zero-order chi connectivity index (χ0) is 29.5. The molecule has 1 aliphatic rings. The first-order valence-electron chi connectivity index (χ1n) is 12.9. The van der Waals surface area contributed by atoms with E-state index in [-0.39, 0.29) is 34.4 Å². The number of nitrogens with zero attached hydrogens (tertiary/aromatic N) is 2. The van der Waals surface area contributed by atoms with Crippen LogP contribution in [0.5, 0.6) is 0 Å². The fourth-order valence-corrected chi connectivity index (χ4v) is 5.23. The zero-order valence-corrected chi connectivity index (χ0v) is 23.7. The normalized spacial score (nSPS) is 13.1. The molecular formula is C29H28Cl2N4O6. The van der Waals surface area contributed by atoms with Gasteiger partial charge in [0, 0.05) is 43.9 Å². The number of rotatable bonds is 10. The van der Waals surface area contributed by atoms with Crippen LogP contribution in [-0.4, -0.2) is 49.5 Å². The highest BCUT2D eigenvalue weighted by Crippen LogP contribution is 2.36. The number of amides is 2. The molecule has 3 aromatic carbocycles. The Labute approximate surface area is 246 Å². The Morgan fingerprint density at radius 1 is 1.05 bits per heavy atom. The number of carbonyl (C=O) groups is 3. The second kappa shape index (κ2) is 13.5. The summed E-state index contributed by atoms with van der Waals surface area (Å²) in [4.78, 5) is 50.9. The molecule has 214 valence electrons. The van der Waals surface area contributed by atoms with Gasteiger partial charge < -0.3 is 20.3 Å². The average molecular weight is 599 g/mol. The third kappa shape index (κ3) is 7.33. The van der Waals surface area contributed by atoms with Gasteiger partial charge in [-0.3, -0.25) is 24.5 Å². The number of esters is 1. The summed E-state index contributed by atoms with van der Waals surface area (Å²) in [6.07, 6.45) is 1.71. The highest BCUT2D eigenvalue weighted by molar-refractivity contribution is 6.40. The fraction of sp³-hybridized carbons (Fsp3) is 0.276. The minimum atomic E-state index is -1.36. The Kier molecular flexibility index (Phi) is 9.80. The SMILES string of the molecule is COC(=O)[C@@H](CNC(=O)CCN1CCCc2ccc([N+](=O)[O-])cc21)C(=O)Nc1c(Cl)cc(-c2ccccc2)cc1Cl. The number of aryl methyl sites for hydroxylation is 1. The van der Waals surface area contributed by atoms with E-state index in [9.17, 15) is 24.5 Å². The summed E-state index contributed by atoms with van der Waals surface area (Å²) in [6.45, 7) is 0.657. The quantitative estimate of drug-likeness (QED) is 0.141. The predicted octanol–water partition coefficient (Wildman–Crippen LogP) is 5.26. The summed E-state index contributed by atoms with van der Waals surface area (Å²) in [7, 11) is 1.14. The van der Waals surface area contributed by atoms with Gasteiger partial charge in [-0.15, -0.1) is 0 Å². The van der Waals surface area contributed by atoms with E-state index in [2.05, 4.69) is 10.6 Å². The molecular weight excluding hydrogens is 571 g/mol. The van der Waals surface area contributed by atoms with E-state index in [4.69, 9.17) is 27.9 Å². The molecule has 10 nitrogen and oxygen atoms in total. The van der Waals surface area contributed by atoms with Gasteiger partial charge in [0.2, 0.25) is 11.8 Å². The molecule has 1 atom stereocenters. The number of fused-ring (bicyclic) bond motifs is 1. The molecule has 2 N–H and O–H groups in total. The van der Waals surface area contributed by atoms with Crippen molar-refractivity contribution in [3.63, 3.8) is 0 Å². The number of nitro groups is 1. The van der Waals surface area contributed by atoms with Crippen molar-refractivity contribution >= 4 is 58.0 Å². The lowest BCUT2D eigenvalue weighted by Crippen LogP contribution is -2.41. The van der Waals surface area contributed by atoms with E-state index < -0.39 is 28.6 Å². The maximum atomic E-state index is 13.1. The first kappa shape index (κ1) is 29.8. The van der Waals surface area contributed by atoms with E-state index in [1.165, 1.54) is 12.1 Å². The Bertz CT molecular complexity index is 1440. The van der Waals surface area contributed by atoms with Crippen LogP contribution in [0.1, 0.15) is 18.4 Å². The lowest BCUT2D eigenvalue weighted by atomic mass is 10.0. The number of methoxy groups -OCH3 is 1. The highest BCUT2D eigenvalue weighted by atomic mass is 35.5. The van der Waals surface area contributed by atoms with E-state index in [0.717, 1.165) is 42.3 Å². The molecule has 1 aliphatic heterocycles. The Hall–Kier alpha value is -4.15. The number of non-ortho nitro benzene ring substituents is 1. The maximum Gasteiger partial charge on any atom is 0.320 e. The third-order valence-corrected chi connectivity index (χ3v) is 7.40. The average Bonchev–Trinajstić information content (AvgIpc) is 2.97. The molecule has 0 unspecified atom stereocenters. The van der Waals surface area contributed by atoms with Crippen molar-refractivity contribution in [3.8, 4) is 11.1 Å². The van der Waals surface area contributed by atoms with Crippen molar-refractivity contribution in [1.29, 1.82) is 0 Å². The fourth-order valence-electron chi connectivity index (χ4n) is 4.65. The smallest absolute Gasteiger partial charge is 0.320 e. The molecule has 41 heavy (non-hydrogen) atoms. The molecule has 0 aromatic heterocycles. The molecule has 0 spiro atoms. The third-order valence-electron chi connectivity index (χ3n) is 6.81. The van der Waals surface area contributed by atoms with E-state index in [1.54, 1.807) is 18.2 Å². The molecule has 0 saturated carbocycles. The van der Waals surface area contributed by atoms with Gasteiger partial charge in [0.1, 0.15) is 0 Å². The van der Waals surface area contributed by atoms with Crippen LogP contribution in [0, 0.1) is 16.0 Å². The second-order valence-electron chi connectivity index (χ2n) is 9.46. The first-order chi connectivity index (χ1) is 19.7. The van der Waals surface area contributed by atoms with Crippen molar-refractivity contribution in [1.82, 2.24) is 5.32 Å². The first-order valence-corrected chi connectivity index (χ1v) is 13.7. The summed E-state index contributed by atoms with van der Waals surface area (Å²) in [5.41, 5.74) is 3.48. The molecule has 12 heteroatoms. The largest absolute Gasteiger partial charge is 0.468 e. The molecule has 0 aliphatic carbocycles. The van der Waals surface area contributed by atoms with Crippen LogP contribution >= 0.6 is 23.2 Å². The second-order valence-corrected chi connectivity index (χ2v) is 10.3. The highest BCUT2D eigenvalue weighted by Gasteiger charge is 2.30. The van der Waals surface area contributed by atoms with Gasteiger partial charge in [-0.05, 0) is 41.7 Å². The molecule has 0 bridgehead atoms. The van der Waals surface area contributed by atoms with Gasteiger partial charge in [0.05, 0.1) is 27.8 Å². The van der Waals surface area contributed by atoms with Crippen LogP contribution in [0.25, 0.3) is 11.1 Å². The summed E-state index contributed by atoms with van der Waals surface area (Å²) < 4.78 is 4.79. The number of benzene rings is 3. The van der Waals surface area contributed by atoms with Crippen LogP contribution in [0.2, 0.25) is 10.0 Å². The molecule has 3 aromatic rings. The van der Waals surface area contributed by atoms with Crippen LogP contribution in [0.4, 0.5) is 17.1 Å². The van der Waals surface area contributed by atoms with Gasteiger partial charge >= 0.3 is 5.97 Å². The summed E-state index contributed by atoms with van der Waals surface area (Å²) >= 11 is 12.9. The van der Waals surface area contributed by atoms with Crippen LogP contribution in [0.3, 0.4) is 0 Å². The molecule has 1 heterocycles. The molecule has 4 rings (SSSR count). The van der Waals surface area contributed by atoms with E-state index in [0.29, 0.717) is 13.1 Å². The Morgan fingerprint density at radius 2 is 1.76 bits per heavy atom. The number of anilines is 2. The van der Waals surface area contributed by atoms with Crippen molar-refractivity contribution in [2.45, 2.75) is 19.3 Å². The lowest BCUT2D eigenvalue weighted by molar-refractivity contribution is -0.384. The van der Waals surface area contributed by atoms with Gasteiger partial charge in [-0.1, -0.05) is 59.6 Å². The van der Waals surface area contributed by atoms with Crippen LogP contribution in [-0.2, 0) is 25.5 Å². The molecule has 2 amide bonds. The van der Waals surface area contributed by atoms with Gasteiger partial charge in [-0.2, -0.15) is 0 Å². The van der Waals surface area contributed by atoms with Crippen molar-refractivity contribution in [2.24, 2.45) is 5.92 Å². The molecule has 0 radical (unpaired) electrons. The number of halogens is 2. The minimum Gasteiger partial charge on any atom is -0.468 e. The van der Waals surface area contributed by atoms with Gasteiger partial charge in [0.15, 0.2) is 5.92 Å². The maximum absolute atomic E-state index is 13.1. The van der Waals surface area contributed by atoms with Crippen molar-refractivity contribution in [3.05, 3.63) is 86.4 Å². The summed E-state index contributed by atoms with van der Waals surface area (Å²) in [6, 6.07) is 17.5. The molecule has 0 fully saturated rings. The zero-order valence-electron chi connectivity index (χ0n) is 22.2. The molecule has 0 saturated heterocycles. The lowest BCUT2D eigenvalue weighted by Gasteiger charge is -2.31. The number of hydrogen-bond acceptors (Lipinski definition) is 7. The van der Waals surface area contributed by atoms with Crippen molar-refractivity contribution in [2.75, 3.05) is 37.0 Å². The van der Waals surface area contributed by atoms with Crippen LogP contribution < -0.4 is 15.5 Å². The number of nitro benzene ring substituents is 1. The monoisotopic (exact) mass is 598 g/mol. The topological polar surface area (TPSA) is 131 Å². The standard InChI is InChI=1S/C29H28Cl2N4O6/c1-41-29(38)22(28(37)33-27-23(30)14-20(15-24(27)31)18-6-3-2-4-7-18)17-32-26(36)11-13-34-12-5-8-19-9-10-21(35(39)40)16-25(19)34/h2-4,6-7,9-10,14-16,22H,5,8,11-13,17H2,1H3,(H,32,36)(H,33,37)/t22-/m0/s1. The predicted molar refractivity (Wildman–Crippen MR) is 157 cm³/mol. The minimum absolute atomic E-state index is 0.0121. The van der Waals surface area contributed by atoms with Crippen LogP contribution in [0.15, 0.2) is 60.7 Å². The number of nitrogens with one attached hydrogen (secondary N) is 2. The van der Waals surface area contributed by atoms with Gasteiger partial charge in [-0.25, -0.2) is 0 Å². The van der Waals surface area contributed by atoms with Crippen molar-refractivity contribution < 1.29 is 24.0 Å². The summed E-state index contributed by atoms with van der Waals surface area (Å²) in [5.74, 6) is -3.34. The summed E-state index contributed by atoms with van der Waals surface area (Å²) in [5, 5.41) is 16.8. The van der Waals surface area contributed by atoms with E-state index >= 15 is 0 Å². The Balaban J connectivity index is 1.38. The Morgan fingerprint density at radius 3 is 2.41 bits per heavy atom. The van der Waals surface area contributed by atoms with E-state index in [1.807, 2.05) is 35.2 Å². The van der Waals surface area contributed by atoms with Gasteiger partial charge in [0.25, 0.3) is 5.69 Å².